The van der Waals surface area contributed by atoms with E-state index >= 15 is 0 Å². The molecule has 0 saturated heterocycles. The number of hydrogen-bond acceptors (Lipinski definition) is 5. The minimum Gasteiger partial charge on any atom is -0.497 e. The molecule has 0 heterocycles. The molecule has 0 spiro atoms. The van der Waals surface area contributed by atoms with Gasteiger partial charge in [-0.1, -0.05) is 12.1 Å². The normalized spacial score (nSPS) is 11.8. The van der Waals surface area contributed by atoms with Gasteiger partial charge < -0.3 is 20.1 Å². The lowest BCUT2D eigenvalue weighted by Crippen LogP contribution is -2.36. The maximum Gasteiger partial charge on any atom is 0.191 e. The first-order valence-electron chi connectivity index (χ1n) is 8.31. The van der Waals surface area contributed by atoms with Crippen LogP contribution in [0.15, 0.2) is 52.4 Å². The van der Waals surface area contributed by atoms with E-state index in [1.807, 2.05) is 18.2 Å². The predicted molar refractivity (Wildman–Crippen MR) is 106 cm³/mol. The molecule has 2 aromatic carbocycles. The Kier molecular flexibility index (Phi) is 7.06. The Balaban J connectivity index is 1.95. The molecule has 2 N–H and O–H groups in total. The predicted octanol–water partition coefficient (Wildman–Crippen LogP) is 1.97. The molecule has 2 aromatic rings. The molecule has 2 rings (SSSR count). The first kappa shape index (κ1) is 20.6. The van der Waals surface area contributed by atoms with Crippen molar-refractivity contribution < 1.29 is 17.9 Å². The maximum absolute atomic E-state index is 11.5. The van der Waals surface area contributed by atoms with Gasteiger partial charge in [-0.3, -0.25) is 4.99 Å². The van der Waals surface area contributed by atoms with Crippen molar-refractivity contribution in [2.75, 3.05) is 27.5 Å². The van der Waals surface area contributed by atoms with Gasteiger partial charge in [-0.25, -0.2) is 8.42 Å². The van der Waals surface area contributed by atoms with Gasteiger partial charge in [-0.05, 0) is 29.8 Å². The van der Waals surface area contributed by atoms with Crippen molar-refractivity contribution in [2.45, 2.75) is 18.0 Å². The molecule has 0 aliphatic rings. The maximum atomic E-state index is 11.5. The SMILES string of the molecule is CN=C(NCc1ccc(S(C)(=O)=O)cc1)NCc1ccc(OC)cc1OC. The van der Waals surface area contributed by atoms with Crippen LogP contribution in [0.5, 0.6) is 11.5 Å². The monoisotopic (exact) mass is 391 g/mol. The highest BCUT2D eigenvalue weighted by Gasteiger charge is 2.08. The zero-order chi connectivity index (χ0) is 19.9. The van der Waals surface area contributed by atoms with Crippen LogP contribution >= 0.6 is 0 Å². The fourth-order valence-electron chi connectivity index (χ4n) is 2.44. The van der Waals surface area contributed by atoms with Crippen molar-refractivity contribution in [1.82, 2.24) is 10.6 Å². The van der Waals surface area contributed by atoms with E-state index in [4.69, 9.17) is 9.47 Å². The second kappa shape index (κ2) is 9.27. The summed E-state index contributed by atoms with van der Waals surface area (Å²) < 4.78 is 33.6. The molecule has 0 aliphatic carbocycles. The van der Waals surface area contributed by atoms with Gasteiger partial charge in [0.15, 0.2) is 15.8 Å². The van der Waals surface area contributed by atoms with Gasteiger partial charge in [0.05, 0.1) is 19.1 Å². The summed E-state index contributed by atoms with van der Waals surface area (Å²) in [6.07, 6.45) is 1.19. The van der Waals surface area contributed by atoms with Crippen molar-refractivity contribution in [2.24, 2.45) is 4.99 Å². The number of benzene rings is 2. The number of aliphatic imine (C=N–C) groups is 1. The van der Waals surface area contributed by atoms with Gasteiger partial charge in [0.1, 0.15) is 11.5 Å². The van der Waals surface area contributed by atoms with E-state index in [-0.39, 0.29) is 0 Å². The minimum absolute atomic E-state index is 0.306. The van der Waals surface area contributed by atoms with Gasteiger partial charge in [-0.15, -0.1) is 0 Å². The van der Waals surface area contributed by atoms with E-state index < -0.39 is 9.84 Å². The molecule has 27 heavy (non-hydrogen) atoms. The molecule has 0 aromatic heterocycles. The van der Waals surface area contributed by atoms with Crippen molar-refractivity contribution in [3.05, 3.63) is 53.6 Å². The Bertz CT molecular complexity index is 894. The average molecular weight is 391 g/mol. The number of nitrogens with zero attached hydrogens (tertiary/aromatic N) is 1. The van der Waals surface area contributed by atoms with Gasteiger partial charge >= 0.3 is 0 Å². The Morgan fingerprint density at radius 2 is 1.67 bits per heavy atom. The summed E-state index contributed by atoms with van der Waals surface area (Å²) in [5.74, 6) is 2.09. The lowest BCUT2D eigenvalue weighted by atomic mass is 10.2. The minimum atomic E-state index is -3.18. The van der Waals surface area contributed by atoms with Crippen LogP contribution in [0.1, 0.15) is 11.1 Å². The third-order valence-electron chi connectivity index (χ3n) is 3.98. The third-order valence-corrected chi connectivity index (χ3v) is 5.10. The zero-order valence-electron chi connectivity index (χ0n) is 15.9. The molecule has 0 fully saturated rings. The van der Waals surface area contributed by atoms with Crippen molar-refractivity contribution in [3.63, 3.8) is 0 Å². The largest absolute Gasteiger partial charge is 0.497 e. The number of methoxy groups -OCH3 is 2. The Hall–Kier alpha value is -2.74. The molecule has 0 saturated carbocycles. The van der Waals surface area contributed by atoms with Crippen LogP contribution in [-0.4, -0.2) is 41.9 Å². The van der Waals surface area contributed by atoms with Crippen LogP contribution in [0.25, 0.3) is 0 Å². The quantitative estimate of drug-likeness (QED) is 0.554. The van der Waals surface area contributed by atoms with Crippen LogP contribution in [0.3, 0.4) is 0 Å². The van der Waals surface area contributed by atoms with Crippen LogP contribution in [0.4, 0.5) is 0 Å². The Labute approximate surface area is 160 Å². The Morgan fingerprint density at radius 3 is 2.22 bits per heavy atom. The lowest BCUT2D eigenvalue weighted by Gasteiger charge is -2.14. The molecule has 7 nitrogen and oxygen atoms in total. The molecule has 0 aliphatic heterocycles. The molecule has 0 bridgehead atoms. The highest BCUT2D eigenvalue weighted by atomic mass is 32.2. The van der Waals surface area contributed by atoms with Crippen LogP contribution < -0.4 is 20.1 Å². The molecular weight excluding hydrogens is 366 g/mol. The van der Waals surface area contributed by atoms with E-state index in [2.05, 4.69) is 15.6 Å². The lowest BCUT2D eigenvalue weighted by molar-refractivity contribution is 0.390. The molecular formula is C19H25N3O4S. The standard InChI is InChI=1S/C19H25N3O4S/c1-20-19(21-12-14-5-9-17(10-6-14)27(4,23)24)22-13-15-7-8-16(25-2)11-18(15)26-3/h5-11H,12-13H2,1-4H3,(H2,20,21,22). The summed E-state index contributed by atoms with van der Waals surface area (Å²) in [6, 6.07) is 12.4. The molecule has 0 amide bonds. The van der Waals surface area contributed by atoms with Crippen molar-refractivity contribution >= 4 is 15.8 Å². The van der Waals surface area contributed by atoms with E-state index in [1.165, 1.54) is 6.26 Å². The topological polar surface area (TPSA) is 89.0 Å². The molecule has 0 radical (unpaired) electrons. The third kappa shape index (κ3) is 5.89. The van der Waals surface area contributed by atoms with Crippen molar-refractivity contribution in [3.8, 4) is 11.5 Å². The van der Waals surface area contributed by atoms with Gasteiger partial charge in [0, 0.05) is 38.0 Å². The number of nitrogens with one attached hydrogen (secondary N) is 2. The zero-order valence-corrected chi connectivity index (χ0v) is 16.8. The summed E-state index contributed by atoms with van der Waals surface area (Å²) >= 11 is 0. The number of rotatable bonds is 7. The first-order valence-corrected chi connectivity index (χ1v) is 10.2. The summed E-state index contributed by atoms with van der Waals surface area (Å²) in [4.78, 5) is 4.50. The number of ether oxygens (including phenoxy) is 2. The number of hydrogen-bond donors (Lipinski definition) is 2. The number of guanidine groups is 1. The Morgan fingerprint density at radius 1 is 1.00 bits per heavy atom. The molecule has 8 heteroatoms. The van der Waals surface area contributed by atoms with Crippen LogP contribution in [0, 0.1) is 0 Å². The first-order chi connectivity index (χ1) is 12.9. The van der Waals surface area contributed by atoms with Gasteiger partial charge in [-0.2, -0.15) is 0 Å². The fourth-order valence-corrected chi connectivity index (χ4v) is 3.07. The highest BCUT2D eigenvalue weighted by Crippen LogP contribution is 2.24. The summed E-state index contributed by atoms with van der Waals surface area (Å²) in [7, 11) is 1.73. The molecule has 0 unspecified atom stereocenters. The number of sulfone groups is 1. The van der Waals surface area contributed by atoms with Gasteiger partial charge in [0.2, 0.25) is 0 Å². The summed E-state index contributed by atoms with van der Waals surface area (Å²) in [6.45, 7) is 1.04. The highest BCUT2D eigenvalue weighted by molar-refractivity contribution is 7.90. The van der Waals surface area contributed by atoms with Crippen molar-refractivity contribution in [1.29, 1.82) is 0 Å². The van der Waals surface area contributed by atoms with E-state index in [1.54, 1.807) is 45.5 Å². The van der Waals surface area contributed by atoms with E-state index in [9.17, 15) is 8.42 Å². The smallest absolute Gasteiger partial charge is 0.191 e. The summed E-state index contributed by atoms with van der Waals surface area (Å²) in [5, 5.41) is 6.42. The van der Waals surface area contributed by atoms with Crippen LogP contribution in [0.2, 0.25) is 0 Å². The van der Waals surface area contributed by atoms with Gasteiger partial charge in [0.25, 0.3) is 0 Å². The fraction of sp³-hybridized carbons (Fsp3) is 0.316. The molecule has 146 valence electrons. The molecule has 0 atom stereocenters. The summed E-state index contributed by atoms with van der Waals surface area (Å²) in [5.41, 5.74) is 1.92. The second-order valence-corrected chi connectivity index (χ2v) is 7.89. The van der Waals surface area contributed by atoms with E-state index in [0.29, 0.717) is 23.9 Å². The van der Waals surface area contributed by atoms with E-state index in [0.717, 1.165) is 22.6 Å². The van der Waals surface area contributed by atoms with Crippen LogP contribution in [-0.2, 0) is 22.9 Å². The second-order valence-electron chi connectivity index (χ2n) is 5.87. The average Bonchev–Trinajstić information content (AvgIpc) is 2.67.